The summed E-state index contributed by atoms with van der Waals surface area (Å²) in [5, 5.41) is 0. The molecule has 2 nitrogen and oxygen atoms in total. The largest absolute Gasteiger partial charge is 0.452 e. The first kappa shape index (κ1) is 11.9. The Balaban J connectivity index is 2.37. The highest BCUT2D eigenvalue weighted by atomic mass is 79.9. The van der Waals surface area contributed by atoms with Crippen LogP contribution in [0, 0.1) is 12.7 Å². The first-order valence-electron chi connectivity index (χ1n) is 5.05. The minimum Gasteiger partial charge on any atom is -0.452 e. The van der Waals surface area contributed by atoms with Crippen LogP contribution in [-0.2, 0) is 0 Å². The summed E-state index contributed by atoms with van der Waals surface area (Å²) >= 11 is 3.26. The average molecular weight is 296 g/mol. The van der Waals surface area contributed by atoms with Gasteiger partial charge in [0.1, 0.15) is 0 Å². The van der Waals surface area contributed by atoms with E-state index in [-0.39, 0.29) is 5.75 Å². The van der Waals surface area contributed by atoms with E-state index in [1.165, 1.54) is 6.07 Å². The maximum absolute atomic E-state index is 13.5. The summed E-state index contributed by atoms with van der Waals surface area (Å²) < 4.78 is 19.7. The van der Waals surface area contributed by atoms with Crippen molar-refractivity contribution in [2.45, 2.75) is 6.92 Å². The van der Waals surface area contributed by atoms with Gasteiger partial charge in [-0.25, -0.2) is 4.39 Å². The second-order valence-electron chi connectivity index (χ2n) is 3.72. The van der Waals surface area contributed by atoms with Crippen molar-refractivity contribution >= 4 is 21.6 Å². The number of ether oxygens (including phenoxy) is 1. The Morgan fingerprint density at radius 2 is 1.88 bits per heavy atom. The van der Waals surface area contributed by atoms with E-state index in [4.69, 9.17) is 10.5 Å². The van der Waals surface area contributed by atoms with Gasteiger partial charge in [-0.15, -0.1) is 0 Å². The molecule has 0 aliphatic carbocycles. The zero-order valence-corrected chi connectivity index (χ0v) is 10.8. The standard InChI is InChI=1S/C13H11BrFNO/c1-8-2-5-11(16)13(6-8)17-12-7-9(14)3-4-10(12)15/h2-7H,16H2,1H3. The van der Waals surface area contributed by atoms with Crippen LogP contribution in [0.25, 0.3) is 0 Å². The minimum atomic E-state index is -0.422. The molecule has 2 rings (SSSR count). The number of benzene rings is 2. The SMILES string of the molecule is Cc1ccc(N)c(Oc2cc(Br)ccc2F)c1. The lowest BCUT2D eigenvalue weighted by atomic mass is 10.2. The van der Waals surface area contributed by atoms with Crippen LogP contribution in [0.5, 0.6) is 11.5 Å². The van der Waals surface area contributed by atoms with Gasteiger partial charge < -0.3 is 10.5 Å². The summed E-state index contributed by atoms with van der Waals surface area (Å²) in [6, 6.07) is 9.90. The van der Waals surface area contributed by atoms with Crippen molar-refractivity contribution in [1.29, 1.82) is 0 Å². The van der Waals surface area contributed by atoms with E-state index in [0.717, 1.165) is 10.0 Å². The van der Waals surface area contributed by atoms with E-state index < -0.39 is 5.82 Å². The molecule has 2 aromatic carbocycles. The van der Waals surface area contributed by atoms with Crippen LogP contribution in [0.2, 0.25) is 0 Å². The summed E-state index contributed by atoms with van der Waals surface area (Å²) in [6.07, 6.45) is 0. The summed E-state index contributed by atoms with van der Waals surface area (Å²) in [5.74, 6) is 0.188. The van der Waals surface area contributed by atoms with Gasteiger partial charge in [-0.1, -0.05) is 22.0 Å². The van der Waals surface area contributed by atoms with Gasteiger partial charge in [-0.05, 0) is 42.8 Å². The Morgan fingerprint density at radius 3 is 2.65 bits per heavy atom. The van der Waals surface area contributed by atoms with Crippen LogP contribution in [0.1, 0.15) is 5.56 Å². The number of aryl methyl sites for hydroxylation is 1. The number of nitrogen functional groups attached to an aromatic ring is 1. The molecule has 0 fully saturated rings. The fourth-order valence-electron chi connectivity index (χ4n) is 1.40. The summed E-state index contributed by atoms with van der Waals surface area (Å²) in [7, 11) is 0. The van der Waals surface area contributed by atoms with E-state index in [9.17, 15) is 4.39 Å². The zero-order chi connectivity index (χ0) is 12.4. The Hall–Kier alpha value is -1.55. The predicted octanol–water partition coefficient (Wildman–Crippen LogP) is 4.27. The van der Waals surface area contributed by atoms with E-state index in [0.29, 0.717) is 11.4 Å². The molecule has 88 valence electrons. The number of nitrogens with two attached hydrogens (primary N) is 1. The van der Waals surface area contributed by atoms with Gasteiger partial charge in [0.05, 0.1) is 5.69 Å². The summed E-state index contributed by atoms with van der Waals surface area (Å²) in [6.45, 7) is 1.92. The Morgan fingerprint density at radius 1 is 1.12 bits per heavy atom. The van der Waals surface area contributed by atoms with Gasteiger partial charge in [0.15, 0.2) is 17.3 Å². The Kier molecular flexibility index (Phi) is 3.33. The topological polar surface area (TPSA) is 35.2 Å². The number of rotatable bonds is 2. The summed E-state index contributed by atoms with van der Waals surface area (Å²) in [5.41, 5.74) is 7.25. The molecule has 0 amide bonds. The molecule has 0 saturated heterocycles. The van der Waals surface area contributed by atoms with Gasteiger partial charge in [-0.2, -0.15) is 0 Å². The van der Waals surface area contributed by atoms with E-state index in [2.05, 4.69) is 15.9 Å². The lowest BCUT2D eigenvalue weighted by molar-refractivity contribution is 0.443. The minimum absolute atomic E-state index is 0.150. The predicted molar refractivity (Wildman–Crippen MR) is 69.8 cm³/mol. The maximum Gasteiger partial charge on any atom is 0.165 e. The second-order valence-corrected chi connectivity index (χ2v) is 4.63. The highest BCUT2D eigenvalue weighted by molar-refractivity contribution is 9.10. The van der Waals surface area contributed by atoms with E-state index in [1.807, 2.05) is 13.0 Å². The van der Waals surface area contributed by atoms with E-state index >= 15 is 0 Å². The van der Waals surface area contributed by atoms with Crippen molar-refractivity contribution in [3.8, 4) is 11.5 Å². The van der Waals surface area contributed by atoms with Crippen molar-refractivity contribution in [3.63, 3.8) is 0 Å². The van der Waals surface area contributed by atoms with Gasteiger partial charge in [0.25, 0.3) is 0 Å². The van der Waals surface area contributed by atoms with Crippen molar-refractivity contribution in [1.82, 2.24) is 0 Å². The average Bonchev–Trinajstić information content (AvgIpc) is 2.28. The second kappa shape index (κ2) is 4.75. The molecule has 0 unspecified atom stereocenters. The third-order valence-electron chi connectivity index (χ3n) is 2.28. The zero-order valence-electron chi connectivity index (χ0n) is 9.21. The van der Waals surface area contributed by atoms with Crippen molar-refractivity contribution < 1.29 is 9.13 Å². The first-order valence-corrected chi connectivity index (χ1v) is 5.84. The molecular weight excluding hydrogens is 285 g/mol. The van der Waals surface area contributed by atoms with Gasteiger partial charge in [-0.3, -0.25) is 0 Å². The third kappa shape index (κ3) is 2.77. The van der Waals surface area contributed by atoms with Crippen LogP contribution >= 0.6 is 15.9 Å². The monoisotopic (exact) mass is 295 g/mol. The molecule has 17 heavy (non-hydrogen) atoms. The Labute approximate surface area is 107 Å². The maximum atomic E-state index is 13.5. The quantitative estimate of drug-likeness (QED) is 0.840. The molecule has 0 bridgehead atoms. The number of hydrogen-bond donors (Lipinski definition) is 1. The van der Waals surface area contributed by atoms with Crippen LogP contribution in [0.15, 0.2) is 40.9 Å². The molecule has 0 saturated carbocycles. The molecule has 2 N–H and O–H groups in total. The normalized spacial score (nSPS) is 10.3. The highest BCUT2D eigenvalue weighted by Gasteiger charge is 2.08. The van der Waals surface area contributed by atoms with Gasteiger partial charge >= 0.3 is 0 Å². The van der Waals surface area contributed by atoms with Crippen LogP contribution in [0.4, 0.5) is 10.1 Å². The molecule has 0 atom stereocenters. The van der Waals surface area contributed by atoms with E-state index in [1.54, 1.807) is 24.3 Å². The van der Waals surface area contributed by atoms with Gasteiger partial charge in [0, 0.05) is 4.47 Å². The molecular formula is C13H11BrFNO. The molecule has 0 spiro atoms. The van der Waals surface area contributed by atoms with Crippen LogP contribution < -0.4 is 10.5 Å². The van der Waals surface area contributed by atoms with Crippen molar-refractivity contribution in [3.05, 3.63) is 52.3 Å². The Bertz CT molecular complexity index is 508. The van der Waals surface area contributed by atoms with Gasteiger partial charge in [0.2, 0.25) is 0 Å². The molecule has 0 aliphatic rings. The number of anilines is 1. The fourth-order valence-corrected chi connectivity index (χ4v) is 1.74. The molecule has 2 aromatic rings. The molecule has 0 radical (unpaired) electrons. The lowest BCUT2D eigenvalue weighted by Crippen LogP contribution is -1.94. The smallest absolute Gasteiger partial charge is 0.165 e. The third-order valence-corrected chi connectivity index (χ3v) is 2.78. The lowest BCUT2D eigenvalue weighted by Gasteiger charge is -2.10. The van der Waals surface area contributed by atoms with Crippen molar-refractivity contribution in [2.24, 2.45) is 0 Å². The van der Waals surface area contributed by atoms with Crippen molar-refractivity contribution in [2.75, 3.05) is 5.73 Å². The molecule has 0 aromatic heterocycles. The molecule has 4 heteroatoms. The van der Waals surface area contributed by atoms with Crippen LogP contribution in [0.3, 0.4) is 0 Å². The fraction of sp³-hybridized carbons (Fsp3) is 0.0769. The summed E-state index contributed by atoms with van der Waals surface area (Å²) in [4.78, 5) is 0. The molecule has 0 aliphatic heterocycles. The first-order chi connectivity index (χ1) is 8.06. The number of halogens is 2. The number of hydrogen-bond acceptors (Lipinski definition) is 2. The molecule has 0 heterocycles. The van der Waals surface area contributed by atoms with Crippen LogP contribution in [-0.4, -0.2) is 0 Å². The highest BCUT2D eigenvalue weighted by Crippen LogP contribution is 2.31.